The van der Waals surface area contributed by atoms with Crippen LogP contribution in [0, 0.1) is 0 Å². The molecule has 6 heteroatoms. The number of carboxylic acid groups (broad SMARTS) is 1. The maximum Gasteiger partial charge on any atom is 0.356 e. The second kappa shape index (κ2) is 4.53. The number of nitrogens with zero attached hydrogens (tertiary/aromatic N) is 3. The van der Waals surface area contributed by atoms with Crippen molar-refractivity contribution in [2.75, 3.05) is 18.0 Å². The van der Waals surface area contributed by atoms with Crippen molar-refractivity contribution >= 4 is 11.8 Å². The molecule has 1 aliphatic rings. The summed E-state index contributed by atoms with van der Waals surface area (Å²) < 4.78 is 5.80. The van der Waals surface area contributed by atoms with Gasteiger partial charge in [0.2, 0.25) is 0 Å². The summed E-state index contributed by atoms with van der Waals surface area (Å²) >= 11 is 0. The predicted molar refractivity (Wildman–Crippen MR) is 65.8 cm³/mol. The van der Waals surface area contributed by atoms with Crippen LogP contribution in [-0.4, -0.2) is 45.8 Å². The number of rotatable bonds is 2. The first-order chi connectivity index (χ1) is 8.37. The van der Waals surface area contributed by atoms with E-state index >= 15 is 0 Å². The predicted octanol–water partition coefficient (Wildman–Crippen LogP) is 1.18. The quantitative estimate of drug-likeness (QED) is 0.850. The van der Waals surface area contributed by atoms with E-state index in [1.807, 2.05) is 25.7 Å². The minimum absolute atomic E-state index is 0.0375. The normalized spacial score (nSPS) is 22.8. The van der Waals surface area contributed by atoms with E-state index in [9.17, 15) is 4.79 Å². The average molecular weight is 251 g/mol. The van der Waals surface area contributed by atoms with Gasteiger partial charge in [-0.1, -0.05) is 0 Å². The molecule has 0 radical (unpaired) electrons. The fourth-order valence-corrected chi connectivity index (χ4v) is 2.24. The molecular formula is C12H17N3O3. The Kier molecular flexibility index (Phi) is 3.21. The summed E-state index contributed by atoms with van der Waals surface area (Å²) in [6.07, 6.45) is 2.91. The van der Waals surface area contributed by atoms with Gasteiger partial charge in [0.25, 0.3) is 0 Å². The molecule has 98 valence electrons. The number of aromatic carboxylic acids is 1. The Morgan fingerprint density at radius 1 is 1.56 bits per heavy atom. The van der Waals surface area contributed by atoms with Gasteiger partial charge in [0.15, 0.2) is 5.69 Å². The third kappa shape index (κ3) is 2.76. The van der Waals surface area contributed by atoms with Crippen molar-refractivity contribution in [2.24, 2.45) is 0 Å². The van der Waals surface area contributed by atoms with Crippen LogP contribution >= 0.6 is 0 Å². The maximum absolute atomic E-state index is 10.9. The van der Waals surface area contributed by atoms with Crippen LogP contribution in [0.2, 0.25) is 0 Å². The summed E-state index contributed by atoms with van der Waals surface area (Å²) in [5.74, 6) is -0.483. The van der Waals surface area contributed by atoms with E-state index in [1.165, 1.54) is 6.20 Å². The van der Waals surface area contributed by atoms with Crippen molar-refractivity contribution in [3.63, 3.8) is 0 Å². The van der Waals surface area contributed by atoms with E-state index in [1.54, 1.807) is 6.20 Å². The maximum atomic E-state index is 10.9. The molecule has 6 nitrogen and oxygen atoms in total. The SMILES string of the molecule is CC1CN(c2cncc(C(=O)O)n2)CC(C)(C)O1. The highest BCUT2D eigenvalue weighted by Gasteiger charge is 2.32. The van der Waals surface area contributed by atoms with Crippen LogP contribution in [-0.2, 0) is 4.74 Å². The molecule has 1 aromatic heterocycles. The van der Waals surface area contributed by atoms with E-state index in [-0.39, 0.29) is 17.4 Å². The van der Waals surface area contributed by atoms with Crippen molar-refractivity contribution in [2.45, 2.75) is 32.5 Å². The van der Waals surface area contributed by atoms with Gasteiger partial charge in [0, 0.05) is 13.1 Å². The smallest absolute Gasteiger partial charge is 0.356 e. The van der Waals surface area contributed by atoms with Crippen LogP contribution in [0.25, 0.3) is 0 Å². The molecule has 1 aliphatic heterocycles. The van der Waals surface area contributed by atoms with Gasteiger partial charge in [-0.05, 0) is 20.8 Å². The molecule has 1 atom stereocenters. The van der Waals surface area contributed by atoms with Crippen molar-refractivity contribution in [1.82, 2.24) is 9.97 Å². The first-order valence-corrected chi connectivity index (χ1v) is 5.85. The number of aromatic nitrogens is 2. The van der Waals surface area contributed by atoms with Gasteiger partial charge in [-0.2, -0.15) is 0 Å². The molecule has 18 heavy (non-hydrogen) atoms. The lowest BCUT2D eigenvalue weighted by Crippen LogP contribution is -2.52. The topological polar surface area (TPSA) is 75.6 Å². The van der Waals surface area contributed by atoms with Crippen molar-refractivity contribution in [1.29, 1.82) is 0 Å². The molecule has 1 N–H and O–H groups in total. The minimum Gasteiger partial charge on any atom is -0.476 e. The average Bonchev–Trinajstić information content (AvgIpc) is 2.26. The van der Waals surface area contributed by atoms with Crippen LogP contribution in [0.15, 0.2) is 12.4 Å². The Morgan fingerprint density at radius 2 is 2.28 bits per heavy atom. The Bertz CT molecular complexity index is 462. The number of hydrogen-bond acceptors (Lipinski definition) is 5. The standard InChI is InChI=1S/C12H17N3O3/c1-8-6-15(7-12(2,3)18-8)10-5-13-4-9(14-10)11(16)17/h4-5,8H,6-7H2,1-3H3,(H,16,17). The zero-order valence-corrected chi connectivity index (χ0v) is 10.8. The summed E-state index contributed by atoms with van der Waals surface area (Å²) in [4.78, 5) is 20.9. The molecular weight excluding hydrogens is 234 g/mol. The summed E-state index contributed by atoms with van der Waals surface area (Å²) in [6, 6.07) is 0. The van der Waals surface area contributed by atoms with Crippen LogP contribution in [0.3, 0.4) is 0 Å². The lowest BCUT2D eigenvalue weighted by Gasteiger charge is -2.42. The van der Waals surface area contributed by atoms with E-state index in [0.717, 1.165) is 0 Å². The third-order valence-corrected chi connectivity index (χ3v) is 2.73. The van der Waals surface area contributed by atoms with E-state index in [4.69, 9.17) is 9.84 Å². The van der Waals surface area contributed by atoms with E-state index in [2.05, 4.69) is 9.97 Å². The lowest BCUT2D eigenvalue weighted by atomic mass is 10.1. The monoisotopic (exact) mass is 251 g/mol. The van der Waals surface area contributed by atoms with Gasteiger partial charge in [-0.15, -0.1) is 0 Å². The first-order valence-electron chi connectivity index (χ1n) is 5.85. The molecule has 2 rings (SSSR count). The van der Waals surface area contributed by atoms with Gasteiger partial charge in [0.05, 0.1) is 24.1 Å². The second-order valence-corrected chi connectivity index (χ2v) is 5.14. The number of hydrogen-bond donors (Lipinski definition) is 1. The number of anilines is 1. The highest BCUT2D eigenvalue weighted by molar-refractivity contribution is 5.85. The third-order valence-electron chi connectivity index (χ3n) is 2.73. The zero-order chi connectivity index (χ0) is 13.3. The highest BCUT2D eigenvalue weighted by Crippen LogP contribution is 2.24. The summed E-state index contributed by atoms with van der Waals surface area (Å²) in [5, 5.41) is 8.92. The van der Waals surface area contributed by atoms with E-state index < -0.39 is 5.97 Å². The van der Waals surface area contributed by atoms with Crippen LogP contribution in [0.1, 0.15) is 31.3 Å². The van der Waals surface area contributed by atoms with Gasteiger partial charge < -0.3 is 14.7 Å². The molecule has 0 spiro atoms. The largest absolute Gasteiger partial charge is 0.476 e. The van der Waals surface area contributed by atoms with Crippen molar-refractivity contribution < 1.29 is 14.6 Å². The van der Waals surface area contributed by atoms with Crippen molar-refractivity contribution in [3.05, 3.63) is 18.1 Å². The molecule has 1 aromatic rings. The zero-order valence-electron chi connectivity index (χ0n) is 10.8. The molecule has 1 unspecified atom stereocenters. The minimum atomic E-state index is -1.06. The Morgan fingerprint density at radius 3 is 2.89 bits per heavy atom. The van der Waals surface area contributed by atoms with Gasteiger partial charge in [-0.25, -0.2) is 9.78 Å². The lowest BCUT2D eigenvalue weighted by molar-refractivity contribution is -0.0751. The molecule has 1 saturated heterocycles. The summed E-state index contributed by atoms with van der Waals surface area (Å²) in [6.45, 7) is 7.34. The fourth-order valence-electron chi connectivity index (χ4n) is 2.24. The fraction of sp³-hybridized carbons (Fsp3) is 0.583. The Balaban J connectivity index is 2.25. The first kappa shape index (κ1) is 12.8. The Labute approximate surface area is 106 Å². The molecule has 1 fully saturated rings. The van der Waals surface area contributed by atoms with Gasteiger partial charge in [0.1, 0.15) is 5.82 Å². The Hall–Kier alpha value is -1.69. The summed E-state index contributed by atoms with van der Waals surface area (Å²) in [5.41, 5.74) is -0.317. The number of carbonyl (C=O) groups is 1. The number of morpholine rings is 1. The molecule has 0 amide bonds. The van der Waals surface area contributed by atoms with Crippen LogP contribution in [0.5, 0.6) is 0 Å². The molecule has 0 bridgehead atoms. The molecule has 0 saturated carbocycles. The van der Waals surface area contributed by atoms with Gasteiger partial charge in [-0.3, -0.25) is 4.98 Å². The van der Waals surface area contributed by atoms with Crippen LogP contribution in [0.4, 0.5) is 5.82 Å². The molecule has 2 heterocycles. The highest BCUT2D eigenvalue weighted by atomic mass is 16.5. The molecule has 0 aliphatic carbocycles. The van der Waals surface area contributed by atoms with Crippen molar-refractivity contribution in [3.8, 4) is 0 Å². The summed E-state index contributed by atoms with van der Waals surface area (Å²) in [7, 11) is 0. The van der Waals surface area contributed by atoms with Gasteiger partial charge >= 0.3 is 5.97 Å². The number of carboxylic acids is 1. The van der Waals surface area contributed by atoms with E-state index in [0.29, 0.717) is 18.9 Å². The number of ether oxygens (including phenoxy) is 1. The molecule has 0 aromatic carbocycles. The second-order valence-electron chi connectivity index (χ2n) is 5.14. The van der Waals surface area contributed by atoms with Crippen LogP contribution < -0.4 is 4.90 Å².